The maximum Gasteiger partial charge on any atom is 0.471 e. The summed E-state index contributed by atoms with van der Waals surface area (Å²) in [6.45, 7) is 2.51. The van der Waals surface area contributed by atoms with Gasteiger partial charge in [0.15, 0.2) is 0 Å². The van der Waals surface area contributed by atoms with Crippen LogP contribution in [-0.2, 0) is 12.7 Å². The minimum atomic E-state index is -4.67. The van der Waals surface area contributed by atoms with E-state index in [0.29, 0.717) is 0 Å². The summed E-state index contributed by atoms with van der Waals surface area (Å²) in [5.41, 5.74) is 2.12. The van der Waals surface area contributed by atoms with Crippen LogP contribution in [0.3, 0.4) is 0 Å². The Hall–Kier alpha value is -2.88. The van der Waals surface area contributed by atoms with Crippen LogP contribution in [0.2, 0.25) is 0 Å². The molecule has 3 aromatic rings. The van der Waals surface area contributed by atoms with Crippen LogP contribution in [0.5, 0.6) is 0 Å². The number of nitrogens with zero attached hydrogens (tertiary/aromatic N) is 6. The minimum absolute atomic E-state index is 0.164. The molecule has 10 heteroatoms. The Balaban J connectivity index is 1.50. The number of aromatic nitrogens is 5. The number of rotatable bonds is 4. The molecule has 0 bridgehead atoms. The predicted molar refractivity (Wildman–Crippen MR) is 91.8 cm³/mol. The normalized spacial score (nSPS) is 18.3. The lowest BCUT2D eigenvalue weighted by Crippen LogP contribution is -2.34. The lowest BCUT2D eigenvalue weighted by Gasteiger charge is -2.32. The van der Waals surface area contributed by atoms with Gasteiger partial charge in [-0.15, -0.1) is 0 Å². The molecule has 0 radical (unpaired) electrons. The van der Waals surface area contributed by atoms with Crippen molar-refractivity contribution in [1.29, 1.82) is 0 Å². The Kier molecular flexibility index (Phi) is 5.03. The topological polar surface area (TPSA) is 80.8 Å². The van der Waals surface area contributed by atoms with Crippen molar-refractivity contribution in [2.45, 2.75) is 31.5 Å². The van der Waals surface area contributed by atoms with Crippen LogP contribution >= 0.6 is 0 Å². The highest BCUT2D eigenvalue weighted by atomic mass is 19.4. The van der Waals surface area contributed by atoms with Crippen LogP contribution in [0.1, 0.15) is 35.9 Å². The standard InChI is InChI=1S/C18H17F3N6O/c19-18(20,21)17-25-16(26-28-17)15-5-1-4-14(24-15)13-3-2-6-27(10-13)9-12-7-22-11-23-8-12/h1,4-5,7-8,11,13H,2-3,6,9-10H2/t13-/m1/s1. The zero-order valence-corrected chi connectivity index (χ0v) is 14.8. The van der Waals surface area contributed by atoms with E-state index in [4.69, 9.17) is 0 Å². The third kappa shape index (κ3) is 4.16. The molecule has 7 nitrogen and oxygen atoms in total. The Bertz CT molecular complexity index is 930. The van der Waals surface area contributed by atoms with Crippen molar-refractivity contribution in [3.05, 3.63) is 54.1 Å². The fourth-order valence-electron chi connectivity index (χ4n) is 3.36. The Morgan fingerprint density at radius 3 is 2.71 bits per heavy atom. The molecule has 1 fully saturated rings. The summed E-state index contributed by atoms with van der Waals surface area (Å²) < 4.78 is 42.3. The van der Waals surface area contributed by atoms with E-state index in [1.165, 1.54) is 6.33 Å². The van der Waals surface area contributed by atoms with E-state index in [1.807, 2.05) is 6.07 Å². The van der Waals surface area contributed by atoms with Crippen molar-refractivity contribution >= 4 is 0 Å². The first-order valence-corrected chi connectivity index (χ1v) is 8.83. The number of pyridine rings is 1. The second-order valence-electron chi connectivity index (χ2n) is 6.69. The third-order valence-electron chi connectivity index (χ3n) is 4.61. The molecule has 1 aliphatic rings. The van der Waals surface area contributed by atoms with Crippen LogP contribution in [-0.4, -0.2) is 43.1 Å². The molecular formula is C18H17F3N6O. The molecule has 0 saturated carbocycles. The number of hydrogen-bond acceptors (Lipinski definition) is 7. The van der Waals surface area contributed by atoms with Gasteiger partial charge in [-0.2, -0.15) is 18.2 Å². The molecule has 0 amide bonds. The van der Waals surface area contributed by atoms with Gasteiger partial charge in [-0.25, -0.2) is 15.0 Å². The van der Waals surface area contributed by atoms with Gasteiger partial charge in [-0.05, 0) is 31.5 Å². The van der Waals surface area contributed by atoms with Gasteiger partial charge in [0.25, 0.3) is 0 Å². The van der Waals surface area contributed by atoms with Crippen molar-refractivity contribution in [3.63, 3.8) is 0 Å². The highest BCUT2D eigenvalue weighted by Crippen LogP contribution is 2.30. The quantitative estimate of drug-likeness (QED) is 0.676. The zero-order chi connectivity index (χ0) is 19.6. The maximum atomic E-state index is 12.7. The molecule has 0 unspecified atom stereocenters. The summed E-state index contributed by atoms with van der Waals surface area (Å²) in [7, 11) is 0. The van der Waals surface area contributed by atoms with Gasteiger partial charge in [0.05, 0.1) is 0 Å². The molecule has 3 aromatic heterocycles. The summed E-state index contributed by atoms with van der Waals surface area (Å²) in [4.78, 5) is 18.3. The summed E-state index contributed by atoms with van der Waals surface area (Å²) in [6, 6.07) is 5.22. The van der Waals surface area contributed by atoms with Gasteiger partial charge in [-0.3, -0.25) is 4.90 Å². The van der Waals surface area contributed by atoms with Crippen LogP contribution in [0.25, 0.3) is 11.5 Å². The van der Waals surface area contributed by atoms with Crippen LogP contribution in [0.15, 0.2) is 41.4 Å². The maximum absolute atomic E-state index is 12.7. The molecule has 1 saturated heterocycles. The average Bonchev–Trinajstić information content (AvgIpc) is 3.20. The Morgan fingerprint density at radius 1 is 1.14 bits per heavy atom. The van der Waals surface area contributed by atoms with Gasteiger partial charge in [-0.1, -0.05) is 11.2 Å². The third-order valence-corrected chi connectivity index (χ3v) is 4.61. The van der Waals surface area contributed by atoms with Gasteiger partial charge in [0.1, 0.15) is 12.0 Å². The van der Waals surface area contributed by atoms with Crippen molar-refractivity contribution in [3.8, 4) is 11.5 Å². The molecule has 4 rings (SSSR count). The monoisotopic (exact) mass is 390 g/mol. The predicted octanol–water partition coefficient (Wildman–Crippen LogP) is 3.32. The van der Waals surface area contributed by atoms with Crippen molar-refractivity contribution in [1.82, 2.24) is 30.0 Å². The smallest absolute Gasteiger partial charge is 0.329 e. The number of hydrogen-bond donors (Lipinski definition) is 0. The zero-order valence-electron chi connectivity index (χ0n) is 14.8. The van der Waals surface area contributed by atoms with Gasteiger partial charge in [0, 0.05) is 42.7 Å². The fourth-order valence-corrected chi connectivity index (χ4v) is 3.36. The minimum Gasteiger partial charge on any atom is -0.329 e. The molecule has 0 spiro atoms. The number of piperidine rings is 1. The lowest BCUT2D eigenvalue weighted by atomic mass is 9.94. The molecular weight excluding hydrogens is 373 g/mol. The van der Waals surface area contributed by atoms with Gasteiger partial charge >= 0.3 is 12.1 Å². The van der Waals surface area contributed by atoms with Crippen LogP contribution < -0.4 is 0 Å². The molecule has 146 valence electrons. The van der Waals surface area contributed by atoms with Crippen molar-refractivity contribution < 1.29 is 17.7 Å². The highest BCUT2D eigenvalue weighted by Gasteiger charge is 2.38. The van der Waals surface area contributed by atoms with E-state index >= 15 is 0 Å². The van der Waals surface area contributed by atoms with E-state index in [0.717, 1.165) is 43.7 Å². The first kappa shape index (κ1) is 18.5. The number of likely N-dealkylation sites (tertiary alicyclic amines) is 1. The van der Waals surface area contributed by atoms with E-state index in [1.54, 1.807) is 24.5 Å². The summed E-state index contributed by atoms with van der Waals surface area (Å²) in [6.07, 6.45) is 2.38. The van der Waals surface area contributed by atoms with E-state index in [2.05, 4.69) is 34.5 Å². The first-order chi connectivity index (χ1) is 13.5. The molecule has 0 aliphatic carbocycles. The van der Waals surface area contributed by atoms with Gasteiger partial charge < -0.3 is 4.52 Å². The lowest BCUT2D eigenvalue weighted by molar-refractivity contribution is -0.159. The van der Waals surface area contributed by atoms with Crippen molar-refractivity contribution in [2.75, 3.05) is 13.1 Å². The number of halogens is 3. The summed E-state index contributed by atoms with van der Waals surface area (Å²) in [5, 5.41) is 3.42. The summed E-state index contributed by atoms with van der Waals surface area (Å²) in [5.74, 6) is -1.36. The van der Waals surface area contributed by atoms with E-state index < -0.39 is 12.1 Å². The van der Waals surface area contributed by atoms with Gasteiger partial charge in [0.2, 0.25) is 5.82 Å². The molecule has 4 heterocycles. The van der Waals surface area contributed by atoms with E-state index in [9.17, 15) is 13.2 Å². The second kappa shape index (κ2) is 7.63. The fraction of sp³-hybridized carbons (Fsp3) is 0.389. The molecule has 0 N–H and O–H groups in total. The largest absolute Gasteiger partial charge is 0.471 e. The van der Waals surface area contributed by atoms with Crippen LogP contribution in [0, 0.1) is 0 Å². The molecule has 28 heavy (non-hydrogen) atoms. The number of alkyl halides is 3. The average molecular weight is 390 g/mol. The second-order valence-corrected chi connectivity index (χ2v) is 6.69. The van der Waals surface area contributed by atoms with Crippen LogP contribution in [0.4, 0.5) is 13.2 Å². The molecule has 1 aliphatic heterocycles. The highest BCUT2D eigenvalue weighted by molar-refractivity contribution is 5.48. The Labute approximate surface area is 158 Å². The summed E-state index contributed by atoms with van der Waals surface area (Å²) >= 11 is 0. The molecule has 0 aromatic carbocycles. The Morgan fingerprint density at radius 2 is 1.96 bits per heavy atom. The SMILES string of the molecule is FC(F)(F)c1nc(-c2cccc([C@@H]3CCCN(Cc4cncnc4)C3)n2)no1. The van der Waals surface area contributed by atoms with E-state index in [-0.39, 0.29) is 17.4 Å². The van der Waals surface area contributed by atoms with Crippen molar-refractivity contribution in [2.24, 2.45) is 0 Å². The molecule has 1 atom stereocenters. The first-order valence-electron chi connectivity index (χ1n) is 8.83.